The van der Waals surface area contributed by atoms with Crippen LogP contribution in [0.1, 0.15) is 51.8 Å². The summed E-state index contributed by atoms with van der Waals surface area (Å²) < 4.78 is 4.97. The molecule has 2 aromatic rings. The fourth-order valence-corrected chi connectivity index (χ4v) is 2.97. The minimum atomic E-state index is -1.34. The molecule has 1 heterocycles. The highest BCUT2D eigenvalue weighted by Crippen LogP contribution is 2.30. The maximum Gasteiger partial charge on any atom is 0.262 e. The lowest BCUT2D eigenvalue weighted by Gasteiger charge is -2.29. The molecule has 1 N–H and O–H groups in total. The summed E-state index contributed by atoms with van der Waals surface area (Å²) in [5, 5.41) is 13.1. The lowest BCUT2D eigenvalue weighted by molar-refractivity contribution is -0.307. The van der Waals surface area contributed by atoms with Gasteiger partial charge in [0.1, 0.15) is 12.4 Å². The number of nitrogens with one attached hydrogen (secondary N) is 1. The predicted molar refractivity (Wildman–Crippen MR) is 102 cm³/mol. The molecule has 0 radical (unpaired) electrons. The van der Waals surface area contributed by atoms with Crippen LogP contribution in [0.4, 0.5) is 5.69 Å². The van der Waals surface area contributed by atoms with Gasteiger partial charge in [0.15, 0.2) is 0 Å². The number of fused-ring (bicyclic) bond motifs is 1. The van der Waals surface area contributed by atoms with Crippen molar-refractivity contribution in [2.24, 2.45) is 0 Å². The second-order valence-electron chi connectivity index (χ2n) is 7.52. The van der Waals surface area contributed by atoms with Gasteiger partial charge in [-0.15, -0.1) is 0 Å². The smallest absolute Gasteiger partial charge is 0.262 e. The number of aliphatic carboxylic acids is 1. The van der Waals surface area contributed by atoms with Crippen LogP contribution < -0.4 is 15.2 Å². The predicted octanol–water partition coefficient (Wildman–Crippen LogP) is 1.46. The highest BCUT2D eigenvalue weighted by Gasteiger charge is 2.42. The Morgan fingerprint density at radius 1 is 1.00 bits per heavy atom. The first-order valence-corrected chi connectivity index (χ1v) is 8.85. The molecule has 0 saturated carbocycles. The number of hydrogen-bond donors (Lipinski definition) is 1. The summed E-state index contributed by atoms with van der Waals surface area (Å²) in [6.07, 6.45) is 0. The van der Waals surface area contributed by atoms with Gasteiger partial charge in [0.2, 0.25) is 0 Å². The van der Waals surface area contributed by atoms with E-state index < -0.39 is 29.9 Å². The standard InChI is InChI=1S/C21H20N2O6/c1-21(2,3)23-19(27)15-9-4-12(10-16(15)20(23)28)18(26)22-13-5-7-14(8-6-13)29-11-17(24)25/h4-10H,11H2,1-3H3,(H,22,26)(H,24,25)/p-1. The number of imide groups is 1. The van der Waals surface area contributed by atoms with Crippen LogP contribution in [0, 0.1) is 0 Å². The minimum absolute atomic E-state index is 0.198. The van der Waals surface area contributed by atoms with Crippen LogP contribution in [0.5, 0.6) is 5.75 Å². The Morgan fingerprint density at radius 2 is 1.62 bits per heavy atom. The van der Waals surface area contributed by atoms with E-state index in [-0.39, 0.29) is 22.6 Å². The molecule has 3 amide bonds. The van der Waals surface area contributed by atoms with Gasteiger partial charge in [-0.05, 0) is 63.2 Å². The lowest BCUT2D eigenvalue weighted by atomic mass is 10.1. The zero-order valence-electron chi connectivity index (χ0n) is 16.1. The summed E-state index contributed by atoms with van der Waals surface area (Å²) in [5.74, 6) is -2.28. The Labute approximate surface area is 167 Å². The molecule has 0 unspecified atom stereocenters. The van der Waals surface area contributed by atoms with Crippen molar-refractivity contribution in [2.45, 2.75) is 26.3 Å². The van der Waals surface area contributed by atoms with Crippen LogP contribution in [0.25, 0.3) is 0 Å². The SMILES string of the molecule is CC(C)(C)N1C(=O)c2ccc(C(=O)Nc3ccc(OCC(=O)[O-])cc3)cc2C1=O. The number of nitrogens with zero attached hydrogens (tertiary/aromatic N) is 1. The van der Waals surface area contributed by atoms with Crippen LogP contribution in [0.3, 0.4) is 0 Å². The Morgan fingerprint density at radius 3 is 2.21 bits per heavy atom. The van der Waals surface area contributed by atoms with Gasteiger partial charge in [0.25, 0.3) is 17.7 Å². The molecule has 3 rings (SSSR count). The molecule has 1 aliphatic heterocycles. The third-order valence-electron chi connectivity index (χ3n) is 4.29. The molecule has 8 nitrogen and oxygen atoms in total. The number of anilines is 1. The summed E-state index contributed by atoms with van der Waals surface area (Å²) in [5.41, 5.74) is 0.489. The van der Waals surface area contributed by atoms with Crippen molar-refractivity contribution in [2.75, 3.05) is 11.9 Å². The zero-order valence-corrected chi connectivity index (χ0v) is 16.1. The monoisotopic (exact) mass is 395 g/mol. The normalized spacial score (nSPS) is 13.3. The second-order valence-corrected chi connectivity index (χ2v) is 7.52. The molecule has 150 valence electrons. The number of carbonyl (C=O) groups excluding carboxylic acids is 4. The average molecular weight is 395 g/mol. The van der Waals surface area contributed by atoms with Crippen molar-refractivity contribution >= 4 is 29.4 Å². The summed E-state index contributed by atoms with van der Waals surface area (Å²) in [7, 11) is 0. The van der Waals surface area contributed by atoms with Gasteiger partial charge < -0.3 is 20.0 Å². The molecule has 0 atom stereocenters. The van der Waals surface area contributed by atoms with Crippen LogP contribution in [-0.4, -0.2) is 40.7 Å². The van der Waals surface area contributed by atoms with Crippen molar-refractivity contribution < 1.29 is 29.0 Å². The summed E-state index contributed by atoms with van der Waals surface area (Å²) >= 11 is 0. The van der Waals surface area contributed by atoms with E-state index in [1.165, 1.54) is 35.2 Å². The zero-order chi connectivity index (χ0) is 21.3. The lowest BCUT2D eigenvalue weighted by Crippen LogP contribution is -2.45. The highest BCUT2D eigenvalue weighted by atomic mass is 16.5. The number of benzene rings is 2. The maximum absolute atomic E-state index is 12.6. The molecule has 0 saturated heterocycles. The molecular weight excluding hydrogens is 376 g/mol. The van der Waals surface area contributed by atoms with E-state index in [4.69, 9.17) is 4.74 Å². The van der Waals surface area contributed by atoms with E-state index >= 15 is 0 Å². The van der Waals surface area contributed by atoms with E-state index in [0.29, 0.717) is 11.4 Å². The first-order valence-electron chi connectivity index (χ1n) is 8.85. The number of carbonyl (C=O) groups is 4. The Bertz CT molecular complexity index is 1000. The fraction of sp³-hybridized carbons (Fsp3) is 0.238. The first kappa shape index (κ1) is 20.1. The minimum Gasteiger partial charge on any atom is -0.546 e. The van der Waals surface area contributed by atoms with Gasteiger partial charge in [-0.3, -0.25) is 19.3 Å². The third-order valence-corrected chi connectivity index (χ3v) is 4.29. The molecule has 8 heteroatoms. The molecule has 2 aromatic carbocycles. The van der Waals surface area contributed by atoms with Crippen molar-refractivity contribution in [3.05, 3.63) is 59.2 Å². The topological polar surface area (TPSA) is 116 Å². The van der Waals surface area contributed by atoms with Gasteiger partial charge in [0, 0.05) is 16.8 Å². The number of amides is 3. The van der Waals surface area contributed by atoms with E-state index in [1.807, 2.05) is 0 Å². The van der Waals surface area contributed by atoms with Crippen LogP contribution in [0.15, 0.2) is 42.5 Å². The maximum atomic E-state index is 12.6. The van der Waals surface area contributed by atoms with E-state index in [2.05, 4.69) is 5.32 Å². The molecular formula is C21H19N2O6-. The van der Waals surface area contributed by atoms with Gasteiger partial charge in [0.05, 0.1) is 17.1 Å². The van der Waals surface area contributed by atoms with Gasteiger partial charge in [-0.2, -0.15) is 0 Å². The number of carboxylic acid groups (broad SMARTS) is 1. The van der Waals surface area contributed by atoms with E-state index in [0.717, 1.165) is 0 Å². The number of carboxylic acids is 1. The van der Waals surface area contributed by atoms with Crippen LogP contribution in [-0.2, 0) is 4.79 Å². The van der Waals surface area contributed by atoms with E-state index in [1.54, 1.807) is 32.9 Å². The van der Waals surface area contributed by atoms with Gasteiger partial charge in [-0.1, -0.05) is 0 Å². The Kier molecular flexibility index (Phi) is 5.11. The molecule has 0 aliphatic carbocycles. The first-order chi connectivity index (χ1) is 13.6. The summed E-state index contributed by atoms with van der Waals surface area (Å²) in [6.45, 7) is 4.73. The Hall–Kier alpha value is -3.68. The molecule has 29 heavy (non-hydrogen) atoms. The van der Waals surface area contributed by atoms with Gasteiger partial charge >= 0.3 is 0 Å². The van der Waals surface area contributed by atoms with Gasteiger partial charge in [-0.25, -0.2) is 0 Å². The average Bonchev–Trinajstić information content (AvgIpc) is 2.91. The van der Waals surface area contributed by atoms with Crippen molar-refractivity contribution in [1.29, 1.82) is 0 Å². The van der Waals surface area contributed by atoms with Crippen LogP contribution >= 0.6 is 0 Å². The number of hydrogen-bond acceptors (Lipinski definition) is 6. The quantitative estimate of drug-likeness (QED) is 0.767. The fourth-order valence-electron chi connectivity index (χ4n) is 2.97. The van der Waals surface area contributed by atoms with Crippen molar-refractivity contribution in [3.8, 4) is 5.75 Å². The second kappa shape index (κ2) is 7.38. The molecule has 1 aliphatic rings. The number of ether oxygens (including phenoxy) is 1. The largest absolute Gasteiger partial charge is 0.546 e. The highest BCUT2D eigenvalue weighted by molar-refractivity contribution is 6.22. The molecule has 0 bridgehead atoms. The third kappa shape index (κ3) is 4.11. The summed E-state index contributed by atoms with van der Waals surface area (Å²) in [6, 6.07) is 10.5. The van der Waals surface area contributed by atoms with E-state index in [9.17, 15) is 24.3 Å². The Balaban J connectivity index is 1.75. The number of rotatable bonds is 5. The van der Waals surface area contributed by atoms with Crippen LogP contribution in [0.2, 0.25) is 0 Å². The molecule has 0 spiro atoms. The summed E-state index contributed by atoms with van der Waals surface area (Å²) in [4.78, 5) is 49.3. The molecule has 0 fully saturated rings. The van der Waals surface area contributed by atoms with Crippen molar-refractivity contribution in [1.82, 2.24) is 4.90 Å². The van der Waals surface area contributed by atoms with Crippen molar-refractivity contribution in [3.63, 3.8) is 0 Å². The molecule has 0 aromatic heterocycles.